The number of hydrogen-bond acceptors (Lipinski definition) is 3. The molecule has 2 aliphatic rings. The fraction of sp³-hybridized carbons (Fsp3) is 0.588. The number of para-hydroxylation sites is 1. The molecule has 0 radical (unpaired) electrons. The van der Waals surface area contributed by atoms with E-state index in [1.54, 1.807) is 0 Å². The molecule has 2 N–H and O–H groups in total. The van der Waals surface area contributed by atoms with Crippen LogP contribution in [0.5, 0.6) is 5.75 Å². The molecule has 1 amide bonds. The first kappa shape index (κ1) is 14.4. The first-order chi connectivity index (χ1) is 10.2. The third-order valence-corrected chi connectivity index (χ3v) is 4.57. The molecule has 1 atom stereocenters. The zero-order valence-electron chi connectivity index (χ0n) is 12.3. The van der Waals surface area contributed by atoms with Gasteiger partial charge in [-0.15, -0.1) is 0 Å². The van der Waals surface area contributed by atoms with Crippen LogP contribution in [0.3, 0.4) is 0 Å². The summed E-state index contributed by atoms with van der Waals surface area (Å²) < 4.78 is 5.60. The van der Waals surface area contributed by atoms with Gasteiger partial charge in [0.15, 0.2) is 0 Å². The average Bonchev–Trinajstić information content (AvgIpc) is 2.48. The molecule has 0 bridgehead atoms. The molecule has 1 heterocycles. The Labute approximate surface area is 125 Å². The van der Waals surface area contributed by atoms with Crippen molar-refractivity contribution in [2.24, 2.45) is 0 Å². The molecular weight excluding hydrogens is 266 g/mol. The topological polar surface area (TPSA) is 58.6 Å². The first-order valence-electron chi connectivity index (χ1n) is 7.90. The number of fused-ring (bicyclic) bond motifs is 1. The SMILES string of the molecule is O=C(CC1(O)CCCCC1)NC1CCOc2ccccc21. The van der Waals surface area contributed by atoms with Crippen LogP contribution in [0, 0.1) is 0 Å². The Kier molecular flexibility index (Phi) is 4.15. The van der Waals surface area contributed by atoms with Crippen molar-refractivity contribution in [3.05, 3.63) is 29.8 Å². The summed E-state index contributed by atoms with van der Waals surface area (Å²) in [5.41, 5.74) is 0.236. The second-order valence-corrected chi connectivity index (χ2v) is 6.26. The number of rotatable bonds is 3. The lowest BCUT2D eigenvalue weighted by atomic mass is 9.82. The van der Waals surface area contributed by atoms with Crippen molar-refractivity contribution in [1.82, 2.24) is 5.32 Å². The van der Waals surface area contributed by atoms with Gasteiger partial charge in [0.1, 0.15) is 5.75 Å². The minimum Gasteiger partial charge on any atom is -0.493 e. The quantitative estimate of drug-likeness (QED) is 0.899. The van der Waals surface area contributed by atoms with Gasteiger partial charge in [0, 0.05) is 12.0 Å². The summed E-state index contributed by atoms with van der Waals surface area (Å²) in [5, 5.41) is 13.5. The number of nitrogens with one attached hydrogen (secondary N) is 1. The molecule has 1 aromatic rings. The number of carbonyl (C=O) groups excluding carboxylic acids is 1. The maximum absolute atomic E-state index is 12.3. The van der Waals surface area contributed by atoms with Gasteiger partial charge in [0.05, 0.1) is 24.7 Å². The molecule has 1 aliphatic carbocycles. The molecule has 3 rings (SSSR count). The lowest BCUT2D eigenvalue weighted by molar-refractivity contribution is -0.128. The van der Waals surface area contributed by atoms with Crippen molar-refractivity contribution in [1.29, 1.82) is 0 Å². The molecule has 114 valence electrons. The van der Waals surface area contributed by atoms with E-state index in [4.69, 9.17) is 4.74 Å². The summed E-state index contributed by atoms with van der Waals surface area (Å²) in [7, 11) is 0. The van der Waals surface area contributed by atoms with Crippen LogP contribution in [0.4, 0.5) is 0 Å². The lowest BCUT2D eigenvalue weighted by Gasteiger charge is -2.33. The van der Waals surface area contributed by atoms with Crippen LogP contribution in [0.25, 0.3) is 0 Å². The average molecular weight is 289 g/mol. The smallest absolute Gasteiger partial charge is 0.223 e. The zero-order chi connectivity index (χ0) is 14.7. The third-order valence-electron chi connectivity index (χ3n) is 4.57. The highest BCUT2D eigenvalue weighted by atomic mass is 16.5. The Morgan fingerprint density at radius 2 is 2.05 bits per heavy atom. The summed E-state index contributed by atoms with van der Waals surface area (Å²) >= 11 is 0. The van der Waals surface area contributed by atoms with Crippen LogP contribution in [-0.2, 0) is 4.79 Å². The number of amides is 1. The van der Waals surface area contributed by atoms with Crippen LogP contribution in [0.15, 0.2) is 24.3 Å². The summed E-state index contributed by atoms with van der Waals surface area (Å²) in [6.45, 7) is 0.617. The fourth-order valence-corrected chi connectivity index (χ4v) is 3.42. The van der Waals surface area contributed by atoms with Crippen LogP contribution in [-0.4, -0.2) is 23.2 Å². The number of hydrogen-bond donors (Lipinski definition) is 2. The number of benzene rings is 1. The van der Waals surface area contributed by atoms with Crippen molar-refractivity contribution in [2.45, 2.75) is 56.6 Å². The number of ether oxygens (including phenoxy) is 1. The van der Waals surface area contributed by atoms with Gasteiger partial charge >= 0.3 is 0 Å². The van der Waals surface area contributed by atoms with Crippen LogP contribution >= 0.6 is 0 Å². The van der Waals surface area contributed by atoms with Gasteiger partial charge in [0.2, 0.25) is 5.91 Å². The zero-order valence-corrected chi connectivity index (χ0v) is 12.3. The van der Waals surface area contributed by atoms with E-state index in [0.29, 0.717) is 6.61 Å². The van der Waals surface area contributed by atoms with E-state index in [-0.39, 0.29) is 18.4 Å². The molecule has 21 heavy (non-hydrogen) atoms. The van der Waals surface area contributed by atoms with Crippen molar-refractivity contribution in [3.8, 4) is 5.75 Å². The molecule has 1 aliphatic heterocycles. The highest BCUT2D eigenvalue weighted by molar-refractivity contribution is 5.77. The van der Waals surface area contributed by atoms with Gasteiger partial charge in [-0.05, 0) is 18.9 Å². The normalized spacial score (nSPS) is 23.8. The Morgan fingerprint density at radius 3 is 2.86 bits per heavy atom. The minimum atomic E-state index is -0.799. The molecule has 1 unspecified atom stereocenters. The maximum atomic E-state index is 12.3. The first-order valence-corrected chi connectivity index (χ1v) is 7.90. The van der Waals surface area contributed by atoms with Gasteiger partial charge < -0.3 is 15.2 Å². The van der Waals surface area contributed by atoms with E-state index >= 15 is 0 Å². The molecule has 1 fully saturated rings. The van der Waals surface area contributed by atoms with Gasteiger partial charge in [-0.2, -0.15) is 0 Å². The predicted molar refractivity (Wildman–Crippen MR) is 80.1 cm³/mol. The predicted octanol–water partition coefficient (Wildman–Crippen LogP) is 2.71. The largest absolute Gasteiger partial charge is 0.493 e. The molecule has 0 aromatic heterocycles. The second kappa shape index (κ2) is 6.06. The van der Waals surface area contributed by atoms with E-state index in [1.807, 2.05) is 24.3 Å². The van der Waals surface area contributed by atoms with E-state index in [2.05, 4.69) is 5.32 Å². The van der Waals surface area contributed by atoms with Gasteiger partial charge in [-0.3, -0.25) is 4.79 Å². The van der Waals surface area contributed by atoms with Crippen molar-refractivity contribution in [3.63, 3.8) is 0 Å². The molecule has 1 saturated carbocycles. The summed E-state index contributed by atoms with van der Waals surface area (Å²) in [5.74, 6) is 0.798. The molecule has 0 spiro atoms. The summed E-state index contributed by atoms with van der Waals surface area (Å²) in [6, 6.07) is 7.82. The highest BCUT2D eigenvalue weighted by Crippen LogP contribution is 2.33. The molecule has 0 saturated heterocycles. The van der Waals surface area contributed by atoms with E-state index in [1.165, 1.54) is 0 Å². The second-order valence-electron chi connectivity index (χ2n) is 6.26. The minimum absolute atomic E-state index is 0.00496. The molecule has 1 aromatic carbocycles. The van der Waals surface area contributed by atoms with Crippen LogP contribution in [0.1, 0.15) is 56.6 Å². The molecule has 4 heteroatoms. The monoisotopic (exact) mass is 289 g/mol. The van der Waals surface area contributed by atoms with Crippen molar-refractivity contribution < 1.29 is 14.6 Å². The Hall–Kier alpha value is -1.55. The maximum Gasteiger partial charge on any atom is 0.223 e. The molecular formula is C17H23NO3. The van der Waals surface area contributed by atoms with Crippen molar-refractivity contribution in [2.75, 3.05) is 6.61 Å². The van der Waals surface area contributed by atoms with Crippen molar-refractivity contribution >= 4 is 5.91 Å². The van der Waals surface area contributed by atoms with Gasteiger partial charge in [-0.25, -0.2) is 0 Å². The summed E-state index contributed by atoms with van der Waals surface area (Å²) in [6.07, 6.45) is 5.67. The Bertz CT molecular complexity index is 509. The summed E-state index contributed by atoms with van der Waals surface area (Å²) in [4.78, 5) is 12.3. The Morgan fingerprint density at radius 1 is 1.29 bits per heavy atom. The number of aliphatic hydroxyl groups is 1. The third kappa shape index (κ3) is 3.38. The number of carbonyl (C=O) groups is 1. The van der Waals surface area contributed by atoms with Gasteiger partial charge in [0.25, 0.3) is 0 Å². The van der Waals surface area contributed by atoms with Crippen LogP contribution in [0.2, 0.25) is 0 Å². The van der Waals surface area contributed by atoms with Gasteiger partial charge in [-0.1, -0.05) is 37.5 Å². The Balaban J connectivity index is 1.63. The van der Waals surface area contributed by atoms with E-state index in [0.717, 1.165) is 49.8 Å². The van der Waals surface area contributed by atoms with Crippen LogP contribution < -0.4 is 10.1 Å². The fourth-order valence-electron chi connectivity index (χ4n) is 3.42. The molecule has 4 nitrogen and oxygen atoms in total. The van der Waals surface area contributed by atoms with E-state index in [9.17, 15) is 9.90 Å². The van der Waals surface area contributed by atoms with E-state index < -0.39 is 5.60 Å². The lowest BCUT2D eigenvalue weighted by Crippen LogP contribution is -2.40. The standard InChI is InChI=1S/C17H23NO3/c19-16(12-17(20)9-4-1-5-10-17)18-14-8-11-21-15-7-3-2-6-13(14)15/h2-3,6-7,14,20H,1,4-5,8-12H2,(H,18,19). The highest BCUT2D eigenvalue weighted by Gasteiger charge is 2.33.